The fourth-order valence-corrected chi connectivity index (χ4v) is 1.73. The number of carbonyl (C=O) groups is 1. The predicted octanol–water partition coefficient (Wildman–Crippen LogP) is 2.42. The van der Waals surface area contributed by atoms with E-state index < -0.39 is 0 Å². The number of carbonyl (C=O) groups excluding carboxylic acids is 1. The molecule has 0 atom stereocenters. The first-order valence-corrected chi connectivity index (χ1v) is 6.08. The molecule has 1 N–H and O–H groups in total. The normalized spacial score (nSPS) is 13.6. The number of hydrogen-bond donors (Lipinski definition) is 1. The summed E-state index contributed by atoms with van der Waals surface area (Å²) in [6, 6.07) is 5.40. The van der Waals surface area contributed by atoms with Crippen LogP contribution in [0.5, 0.6) is 11.5 Å². The van der Waals surface area contributed by atoms with Crippen LogP contribution in [-0.4, -0.2) is 25.0 Å². The van der Waals surface area contributed by atoms with Crippen molar-refractivity contribution in [3.63, 3.8) is 0 Å². The molecule has 1 aromatic rings. The fraction of sp³-hybridized carbons (Fsp3) is 0.417. The summed E-state index contributed by atoms with van der Waals surface area (Å²) in [7, 11) is 0. The maximum absolute atomic E-state index is 11.1. The Kier molecular flexibility index (Phi) is 4.09. The Hall–Kier alpha value is -1.42. The average molecular weight is 256 g/mol. The van der Waals surface area contributed by atoms with Crippen LogP contribution in [0.1, 0.15) is 12.8 Å². The van der Waals surface area contributed by atoms with Gasteiger partial charge in [-0.05, 0) is 25.0 Å². The first kappa shape index (κ1) is 12.0. The van der Waals surface area contributed by atoms with Gasteiger partial charge in [-0.1, -0.05) is 0 Å². The van der Waals surface area contributed by atoms with Crippen LogP contribution in [-0.2, 0) is 4.79 Å². The molecule has 5 heteroatoms. The minimum atomic E-state index is -0.142. The van der Waals surface area contributed by atoms with Gasteiger partial charge in [-0.3, -0.25) is 4.79 Å². The monoisotopic (exact) mass is 255 g/mol. The summed E-state index contributed by atoms with van der Waals surface area (Å²) >= 11 is 5.57. The van der Waals surface area contributed by atoms with Crippen LogP contribution >= 0.6 is 11.6 Å². The van der Waals surface area contributed by atoms with E-state index in [9.17, 15) is 4.79 Å². The topological polar surface area (TPSA) is 47.6 Å². The first-order chi connectivity index (χ1) is 8.29. The summed E-state index contributed by atoms with van der Waals surface area (Å²) in [6.45, 7) is 0.698. The van der Waals surface area contributed by atoms with Crippen molar-refractivity contribution in [2.24, 2.45) is 0 Å². The van der Waals surface area contributed by atoms with Gasteiger partial charge < -0.3 is 14.8 Å². The minimum absolute atomic E-state index is 0.0723. The molecule has 1 aliphatic heterocycles. The number of nitrogens with one attached hydrogen (secondary N) is 1. The van der Waals surface area contributed by atoms with E-state index in [-0.39, 0.29) is 12.5 Å². The van der Waals surface area contributed by atoms with E-state index in [4.69, 9.17) is 21.1 Å². The van der Waals surface area contributed by atoms with E-state index in [2.05, 4.69) is 5.32 Å². The van der Waals surface area contributed by atoms with E-state index in [1.807, 2.05) is 6.07 Å². The van der Waals surface area contributed by atoms with Crippen LogP contribution in [0.25, 0.3) is 0 Å². The molecule has 1 aliphatic rings. The zero-order valence-electron chi connectivity index (χ0n) is 9.37. The molecular weight excluding hydrogens is 242 g/mol. The van der Waals surface area contributed by atoms with E-state index in [1.54, 1.807) is 12.1 Å². The standard InChI is InChI=1S/C12H14ClNO3/c13-5-1-2-6-16-9-3-4-11-10(7-9)14-12(15)8-17-11/h3-4,7H,1-2,5-6,8H2,(H,14,15). The van der Waals surface area contributed by atoms with Crippen LogP contribution in [0.4, 0.5) is 5.69 Å². The minimum Gasteiger partial charge on any atom is -0.494 e. The van der Waals surface area contributed by atoms with Gasteiger partial charge in [0.15, 0.2) is 6.61 Å². The third-order valence-corrected chi connectivity index (χ3v) is 2.65. The molecule has 1 aromatic carbocycles. The predicted molar refractivity (Wildman–Crippen MR) is 66.0 cm³/mol. The molecule has 0 spiro atoms. The molecule has 0 radical (unpaired) electrons. The average Bonchev–Trinajstić information content (AvgIpc) is 2.34. The van der Waals surface area contributed by atoms with Crippen molar-refractivity contribution in [1.29, 1.82) is 0 Å². The van der Waals surface area contributed by atoms with Crippen molar-refractivity contribution in [2.45, 2.75) is 12.8 Å². The highest BCUT2D eigenvalue weighted by Crippen LogP contribution is 2.31. The van der Waals surface area contributed by atoms with Gasteiger partial charge in [0.2, 0.25) is 0 Å². The Balaban J connectivity index is 1.95. The van der Waals surface area contributed by atoms with Gasteiger partial charge in [-0.15, -0.1) is 11.6 Å². The van der Waals surface area contributed by atoms with Gasteiger partial charge in [0.1, 0.15) is 11.5 Å². The highest BCUT2D eigenvalue weighted by Gasteiger charge is 2.15. The van der Waals surface area contributed by atoms with Gasteiger partial charge in [-0.25, -0.2) is 0 Å². The van der Waals surface area contributed by atoms with Crippen molar-refractivity contribution >= 4 is 23.2 Å². The van der Waals surface area contributed by atoms with Gasteiger partial charge in [0, 0.05) is 11.9 Å². The van der Waals surface area contributed by atoms with E-state index >= 15 is 0 Å². The summed E-state index contributed by atoms with van der Waals surface area (Å²) in [4.78, 5) is 11.1. The second kappa shape index (κ2) is 5.77. The molecule has 0 aliphatic carbocycles. The third kappa shape index (κ3) is 3.27. The highest BCUT2D eigenvalue weighted by atomic mass is 35.5. The van der Waals surface area contributed by atoms with Gasteiger partial charge in [0.05, 0.1) is 12.3 Å². The number of halogens is 1. The number of rotatable bonds is 5. The summed E-state index contributed by atoms with van der Waals surface area (Å²) in [5.74, 6) is 1.91. The molecule has 0 aromatic heterocycles. The molecule has 0 bridgehead atoms. The van der Waals surface area contributed by atoms with Gasteiger partial charge >= 0.3 is 0 Å². The second-order valence-corrected chi connectivity index (χ2v) is 4.12. The largest absolute Gasteiger partial charge is 0.494 e. The Morgan fingerprint density at radius 2 is 2.29 bits per heavy atom. The Labute approximate surface area is 105 Å². The quantitative estimate of drug-likeness (QED) is 0.649. The molecule has 0 fully saturated rings. The maximum atomic E-state index is 11.1. The fourth-order valence-electron chi connectivity index (χ4n) is 1.54. The number of benzene rings is 1. The van der Waals surface area contributed by atoms with Crippen LogP contribution in [0.15, 0.2) is 18.2 Å². The van der Waals surface area contributed by atoms with Crippen molar-refractivity contribution in [3.05, 3.63) is 18.2 Å². The molecule has 0 saturated heterocycles. The lowest BCUT2D eigenvalue weighted by molar-refractivity contribution is -0.118. The van der Waals surface area contributed by atoms with E-state index in [0.717, 1.165) is 18.6 Å². The van der Waals surface area contributed by atoms with Crippen molar-refractivity contribution < 1.29 is 14.3 Å². The number of hydrogen-bond acceptors (Lipinski definition) is 3. The molecule has 1 amide bonds. The Bertz CT molecular complexity index is 409. The summed E-state index contributed by atoms with van der Waals surface area (Å²) in [5, 5.41) is 2.74. The molecule has 2 rings (SSSR count). The second-order valence-electron chi connectivity index (χ2n) is 3.74. The van der Waals surface area contributed by atoms with Gasteiger partial charge in [-0.2, -0.15) is 0 Å². The summed E-state index contributed by atoms with van der Waals surface area (Å²) in [5.41, 5.74) is 0.663. The molecular formula is C12H14ClNO3. The molecule has 0 saturated carbocycles. The molecule has 92 valence electrons. The Morgan fingerprint density at radius 1 is 1.41 bits per heavy atom. The van der Waals surface area contributed by atoms with Crippen LogP contribution < -0.4 is 14.8 Å². The molecule has 17 heavy (non-hydrogen) atoms. The zero-order valence-corrected chi connectivity index (χ0v) is 10.1. The smallest absolute Gasteiger partial charge is 0.262 e. The SMILES string of the molecule is O=C1COc2ccc(OCCCCCl)cc2N1. The zero-order chi connectivity index (χ0) is 12.1. The molecule has 4 nitrogen and oxygen atoms in total. The van der Waals surface area contributed by atoms with E-state index in [0.29, 0.717) is 23.9 Å². The number of anilines is 1. The number of alkyl halides is 1. The lowest BCUT2D eigenvalue weighted by Gasteiger charge is -2.18. The van der Waals surface area contributed by atoms with E-state index in [1.165, 1.54) is 0 Å². The number of fused-ring (bicyclic) bond motifs is 1. The van der Waals surface area contributed by atoms with Crippen LogP contribution in [0, 0.1) is 0 Å². The van der Waals surface area contributed by atoms with Crippen LogP contribution in [0.2, 0.25) is 0 Å². The third-order valence-electron chi connectivity index (χ3n) is 2.38. The lowest BCUT2D eigenvalue weighted by Crippen LogP contribution is -2.25. The lowest BCUT2D eigenvalue weighted by atomic mass is 10.2. The Morgan fingerprint density at radius 3 is 3.12 bits per heavy atom. The number of unbranched alkanes of at least 4 members (excludes halogenated alkanes) is 1. The molecule has 1 heterocycles. The summed E-state index contributed by atoms with van der Waals surface area (Å²) in [6.07, 6.45) is 1.86. The summed E-state index contributed by atoms with van der Waals surface area (Å²) < 4.78 is 10.8. The maximum Gasteiger partial charge on any atom is 0.262 e. The van der Waals surface area contributed by atoms with Crippen LogP contribution in [0.3, 0.4) is 0 Å². The molecule has 0 unspecified atom stereocenters. The number of amides is 1. The van der Waals surface area contributed by atoms with Gasteiger partial charge in [0.25, 0.3) is 5.91 Å². The highest BCUT2D eigenvalue weighted by molar-refractivity contribution is 6.17. The van der Waals surface area contributed by atoms with Crippen molar-refractivity contribution in [2.75, 3.05) is 24.4 Å². The van der Waals surface area contributed by atoms with Crippen molar-refractivity contribution in [1.82, 2.24) is 0 Å². The first-order valence-electron chi connectivity index (χ1n) is 5.55. The van der Waals surface area contributed by atoms with Crippen molar-refractivity contribution in [3.8, 4) is 11.5 Å². The number of ether oxygens (including phenoxy) is 2.